The van der Waals surface area contributed by atoms with Gasteiger partial charge in [0.05, 0.1) is 17.3 Å². The van der Waals surface area contributed by atoms with Crippen molar-refractivity contribution in [3.05, 3.63) is 88.7 Å². The molecule has 0 bridgehead atoms. The molecular formula is C35H41N5O3. The fourth-order valence-corrected chi connectivity index (χ4v) is 5.95. The molecule has 3 heterocycles. The number of amides is 1. The van der Waals surface area contributed by atoms with Crippen molar-refractivity contribution in [3.8, 4) is 11.8 Å². The molecule has 2 saturated heterocycles. The van der Waals surface area contributed by atoms with E-state index in [9.17, 15) is 9.59 Å². The van der Waals surface area contributed by atoms with Crippen LogP contribution in [0.2, 0.25) is 0 Å². The molecule has 0 atom stereocenters. The van der Waals surface area contributed by atoms with Crippen LogP contribution in [-0.4, -0.2) is 72.9 Å². The number of nitriles is 1. The van der Waals surface area contributed by atoms with E-state index in [2.05, 4.69) is 39.9 Å². The van der Waals surface area contributed by atoms with Gasteiger partial charge in [0.2, 0.25) is 0 Å². The predicted molar refractivity (Wildman–Crippen MR) is 167 cm³/mol. The first kappa shape index (κ1) is 30.2. The largest absolute Gasteiger partial charge is 0.488 e. The number of ketones is 1. The normalized spacial score (nSPS) is 16.5. The summed E-state index contributed by atoms with van der Waals surface area (Å²) in [5.41, 5.74) is 5.07. The van der Waals surface area contributed by atoms with Gasteiger partial charge in [-0.25, -0.2) is 0 Å². The Hall–Kier alpha value is -4.22. The maximum Gasteiger partial charge on any atom is 0.272 e. The third-order valence-electron chi connectivity index (χ3n) is 8.59. The number of carbonyl (C=O) groups excluding carboxylic acids is 2. The van der Waals surface area contributed by atoms with E-state index >= 15 is 0 Å². The van der Waals surface area contributed by atoms with E-state index in [0.717, 1.165) is 56.8 Å². The van der Waals surface area contributed by atoms with Crippen molar-refractivity contribution < 1.29 is 14.3 Å². The molecule has 8 nitrogen and oxygen atoms in total. The van der Waals surface area contributed by atoms with Gasteiger partial charge in [-0.15, -0.1) is 0 Å². The second-order valence-electron chi connectivity index (χ2n) is 12.1. The maximum atomic E-state index is 13.1. The molecule has 3 aromatic rings. The highest BCUT2D eigenvalue weighted by atomic mass is 16.5. The van der Waals surface area contributed by atoms with E-state index in [0.29, 0.717) is 42.2 Å². The van der Waals surface area contributed by atoms with Gasteiger partial charge in [0.1, 0.15) is 17.5 Å². The van der Waals surface area contributed by atoms with E-state index in [1.807, 2.05) is 49.3 Å². The number of hydrogen-bond donors (Lipinski definition) is 0. The molecule has 43 heavy (non-hydrogen) atoms. The number of carbonyl (C=O) groups is 2. The van der Waals surface area contributed by atoms with Crippen molar-refractivity contribution >= 4 is 17.4 Å². The van der Waals surface area contributed by atoms with E-state index in [1.54, 1.807) is 18.3 Å². The molecule has 0 spiro atoms. The molecule has 0 radical (unpaired) electrons. The van der Waals surface area contributed by atoms with Crippen LogP contribution in [0.25, 0.3) is 0 Å². The molecular weight excluding hydrogens is 538 g/mol. The van der Waals surface area contributed by atoms with Gasteiger partial charge >= 0.3 is 0 Å². The van der Waals surface area contributed by atoms with Crippen molar-refractivity contribution in [2.45, 2.75) is 51.7 Å². The number of piperidine rings is 2. The minimum absolute atomic E-state index is 0.0567. The average molecular weight is 580 g/mol. The van der Waals surface area contributed by atoms with E-state index < -0.39 is 0 Å². The number of likely N-dealkylation sites (tertiary alicyclic amines) is 2. The zero-order valence-electron chi connectivity index (χ0n) is 25.5. The van der Waals surface area contributed by atoms with Crippen LogP contribution in [0.3, 0.4) is 0 Å². The number of pyridine rings is 1. The summed E-state index contributed by atoms with van der Waals surface area (Å²) >= 11 is 0. The first-order valence-corrected chi connectivity index (χ1v) is 15.2. The average Bonchev–Trinajstić information content (AvgIpc) is 3.03. The minimum atomic E-state index is -0.101. The van der Waals surface area contributed by atoms with Crippen molar-refractivity contribution in [3.63, 3.8) is 0 Å². The summed E-state index contributed by atoms with van der Waals surface area (Å²) < 4.78 is 6.34. The van der Waals surface area contributed by atoms with Gasteiger partial charge in [0.15, 0.2) is 5.78 Å². The van der Waals surface area contributed by atoms with E-state index in [-0.39, 0.29) is 17.8 Å². The Kier molecular flexibility index (Phi) is 9.73. The topological polar surface area (TPSA) is 89.8 Å². The van der Waals surface area contributed by atoms with Crippen LogP contribution < -0.4 is 9.64 Å². The highest BCUT2D eigenvalue weighted by Crippen LogP contribution is 2.31. The van der Waals surface area contributed by atoms with Gasteiger partial charge < -0.3 is 14.5 Å². The Bertz CT molecular complexity index is 1450. The Labute approximate surface area is 254 Å². The fourth-order valence-electron chi connectivity index (χ4n) is 5.95. The van der Waals surface area contributed by atoms with Crippen molar-refractivity contribution in [1.29, 1.82) is 5.26 Å². The van der Waals surface area contributed by atoms with Gasteiger partial charge in [-0.2, -0.15) is 5.26 Å². The number of Topliss-reactive ketones (excluding diaryl/α,β-unsaturated/α-hetero) is 1. The molecule has 224 valence electrons. The van der Waals surface area contributed by atoms with Crippen molar-refractivity contribution in [2.24, 2.45) is 5.92 Å². The fraction of sp³-hybridized carbons (Fsp3) is 0.429. The van der Waals surface area contributed by atoms with Crippen LogP contribution in [0.4, 0.5) is 5.69 Å². The number of hydrogen-bond acceptors (Lipinski definition) is 7. The monoisotopic (exact) mass is 579 g/mol. The quantitative estimate of drug-likeness (QED) is 0.310. The molecule has 2 aliphatic rings. The van der Waals surface area contributed by atoms with Crippen LogP contribution in [0.15, 0.2) is 60.8 Å². The highest BCUT2D eigenvalue weighted by molar-refractivity contribution is 5.97. The van der Waals surface area contributed by atoms with Crippen LogP contribution in [0, 0.1) is 24.2 Å². The maximum absolute atomic E-state index is 13.1. The number of ether oxygens (including phenoxy) is 1. The molecule has 2 fully saturated rings. The molecule has 1 aromatic heterocycles. The number of nitrogens with zero attached hydrogens (tertiary/aromatic N) is 5. The lowest BCUT2D eigenvalue weighted by Crippen LogP contribution is -2.42. The van der Waals surface area contributed by atoms with E-state index in [1.165, 1.54) is 11.1 Å². The minimum Gasteiger partial charge on any atom is -0.488 e. The Balaban J connectivity index is 1.06. The smallest absolute Gasteiger partial charge is 0.272 e. The zero-order valence-corrected chi connectivity index (χ0v) is 25.5. The molecule has 0 unspecified atom stereocenters. The summed E-state index contributed by atoms with van der Waals surface area (Å²) in [6.45, 7) is 6.06. The first-order chi connectivity index (χ1) is 20.8. The van der Waals surface area contributed by atoms with Gasteiger partial charge in [0, 0.05) is 64.8 Å². The number of benzene rings is 2. The molecule has 0 aliphatic carbocycles. The SMILES string of the molecule is Cc1ccc(OC2CCN(C(=O)c3ccc(C(=O)CC4CCN(Cc5ccc(C#N)cc5)CC4)cn3)CC2)c(N(C)C)c1. The third-order valence-corrected chi connectivity index (χ3v) is 8.59. The standard InChI is InChI=1S/C35H41N5O3/c1-25-4-11-34(32(20-25)38(2)3)43-30-14-18-40(19-15-30)35(42)31-10-9-29(23-37-31)33(41)21-26-12-16-39(17-13-26)24-28-7-5-27(22-36)6-8-28/h4-11,20,23,26,30H,12-19,21,24H2,1-3H3. The third kappa shape index (κ3) is 7.79. The summed E-state index contributed by atoms with van der Waals surface area (Å²) in [5.74, 6) is 1.21. The molecule has 0 saturated carbocycles. The Morgan fingerprint density at radius 2 is 1.70 bits per heavy atom. The zero-order chi connectivity index (χ0) is 30.3. The van der Waals surface area contributed by atoms with Gasteiger partial charge in [0.25, 0.3) is 5.91 Å². The molecule has 1 amide bonds. The van der Waals surface area contributed by atoms with Crippen LogP contribution in [0.5, 0.6) is 5.75 Å². The predicted octanol–water partition coefficient (Wildman–Crippen LogP) is 5.50. The lowest BCUT2D eigenvalue weighted by Gasteiger charge is -2.33. The summed E-state index contributed by atoms with van der Waals surface area (Å²) in [4.78, 5) is 36.8. The molecule has 2 aromatic carbocycles. The second kappa shape index (κ2) is 13.8. The first-order valence-electron chi connectivity index (χ1n) is 15.2. The Morgan fingerprint density at radius 1 is 0.977 bits per heavy atom. The number of rotatable bonds is 9. The second-order valence-corrected chi connectivity index (χ2v) is 12.1. The van der Waals surface area contributed by atoms with E-state index in [4.69, 9.17) is 10.00 Å². The lowest BCUT2D eigenvalue weighted by molar-refractivity contribution is 0.0590. The van der Waals surface area contributed by atoms with Crippen LogP contribution in [0.1, 0.15) is 69.6 Å². The van der Waals surface area contributed by atoms with Gasteiger partial charge in [-0.3, -0.25) is 19.5 Å². The molecule has 8 heteroatoms. The summed E-state index contributed by atoms with van der Waals surface area (Å²) in [6, 6.07) is 19.5. The molecule has 2 aliphatic heterocycles. The summed E-state index contributed by atoms with van der Waals surface area (Å²) in [6.07, 6.45) is 5.60. The van der Waals surface area contributed by atoms with Crippen LogP contribution in [-0.2, 0) is 6.54 Å². The molecule has 0 N–H and O–H groups in total. The number of anilines is 1. The summed E-state index contributed by atoms with van der Waals surface area (Å²) in [5, 5.41) is 8.98. The number of aryl methyl sites for hydroxylation is 1. The van der Waals surface area contributed by atoms with Crippen LogP contribution >= 0.6 is 0 Å². The highest BCUT2D eigenvalue weighted by Gasteiger charge is 2.27. The molecule has 5 rings (SSSR count). The van der Waals surface area contributed by atoms with Gasteiger partial charge in [-0.05, 0) is 86.3 Å². The van der Waals surface area contributed by atoms with Crippen molar-refractivity contribution in [2.75, 3.05) is 45.2 Å². The van der Waals surface area contributed by atoms with Gasteiger partial charge in [-0.1, -0.05) is 18.2 Å². The Morgan fingerprint density at radius 3 is 2.33 bits per heavy atom. The number of aromatic nitrogens is 1. The lowest BCUT2D eigenvalue weighted by atomic mass is 9.90. The summed E-state index contributed by atoms with van der Waals surface area (Å²) in [7, 11) is 4.03. The van der Waals surface area contributed by atoms with Crippen molar-refractivity contribution in [1.82, 2.24) is 14.8 Å².